The van der Waals surface area contributed by atoms with E-state index in [0.29, 0.717) is 24.7 Å². The Bertz CT molecular complexity index is 586. The lowest BCUT2D eigenvalue weighted by Gasteiger charge is -2.11. The van der Waals surface area contributed by atoms with Crippen LogP contribution in [0.3, 0.4) is 0 Å². The van der Waals surface area contributed by atoms with Gasteiger partial charge in [0, 0.05) is 17.1 Å². The average Bonchev–Trinajstić information content (AvgIpc) is 2.66. The minimum atomic E-state index is -0.645. The van der Waals surface area contributed by atoms with Gasteiger partial charge < -0.3 is 14.6 Å². The minimum absolute atomic E-state index is 0.269. The van der Waals surface area contributed by atoms with Gasteiger partial charge in [-0.25, -0.2) is 0 Å². The molecular weight excluding hydrogens is 334 g/mol. The number of amides is 1. The van der Waals surface area contributed by atoms with Crippen molar-refractivity contribution in [1.29, 1.82) is 0 Å². The summed E-state index contributed by atoms with van der Waals surface area (Å²) >= 11 is 0. The lowest BCUT2D eigenvalue weighted by Crippen LogP contribution is -2.01. The molecule has 144 valence electrons. The van der Waals surface area contributed by atoms with Crippen LogP contribution in [0.2, 0.25) is 0 Å². The van der Waals surface area contributed by atoms with Crippen molar-refractivity contribution in [1.82, 2.24) is 0 Å². The topological polar surface area (TPSA) is 105 Å². The quantitative estimate of drug-likeness (QED) is 0.217. The van der Waals surface area contributed by atoms with Crippen molar-refractivity contribution < 1.29 is 19.4 Å². The molecule has 1 N–H and O–H groups in total. The number of aliphatic hydroxyl groups is 1. The number of ether oxygens (including phenoxy) is 2. The first-order chi connectivity index (χ1) is 12.7. The second-order valence-electron chi connectivity index (χ2n) is 6.11. The molecule has 7 nitrogen and oxygen atoms in total. The molecule has 7 heteroatoms. The number of unbranched alkanes of at least 4 members (excludes halogenated alkanes) is 8. The van der Waals surface area contributed by atoms with Crippen LogP contribution in [-0.4, -0.2) is 31.3 Å². The molecular formula is C19H29N3O4. The molecule has 1 aromatic carbocycles. The summed E-state index contributed by atoms with van der Waals surface area (Å²) < 4.78 is 11.0. The highest BCUT2D eigenvalue weighted by molar-refractivity contribution is 5.95. The molecule has 1 rings (SSSR count). The van der Waals surface area contributed by atoms with Gasteiger partial charge in [0.25, 0.3) is 0 Å². The van der Waals surface area contributed by atoms with Crippen LogP contribution in [0.25, 0.3) is 10.4 Å². The summed E-state index contributed by atoms with van der Waals surface area (Å²) in [5.41, 5.74) is 8.59. The zero-order chi connectivity index (χ0) is 19.0. The molecule has 0 atom stereocenters. The maximum absolute atomic E-state index is 11.6. The van der Waals surface area contributed by atoms with Crippen molar-refractivity contribution in [3.63, 3.8) is 0 Å². The first-order valence-electron chi connectivity index (χ1n) is 9.24. The van der Waals surface area contributed by atoms with E-state index in [-0.39, 0.29) is 5.56 Å². The smallest absolute Gasteiger partial charge is 0.249 e. The van der Waals surface area contributed by atoms with Crippen LogP contribution in [0.15, 0.2) is 23.3 Å². The zero-order valence-electron chi connectivity index (χ0n) is 15.5. The number of nitrogens with zero attached hydrogens (tertiary/aromatic N) is 3. The van der Waals surface area contributed by atoms with Gasteiger partial charge in [-0.3, -0.25) is 4.79 Å². The van der Waals surface area contributed by atoms with E-state index in [1.54, 1.807) is 12.1 Å². The monoisotopic (exact) mass is 363 g/mol. The number of carbonyl (C=O) groups excluding carboxylic acids is 1. The van der Waals surface area contributed by atoms with E-state index in [1.165, 1.54) is 45.3 Å². The molecule has 0 spiro atoms. The van der Waals surface area contributed by atoms with Crippen molar-refractivity contribution >= 4 is 5.91 Å². The largest absolute Gasteiger partial charge is 0.493 e. The Hall–Kier alpha value is -2.24. The molecule has 0 unspecified atom stereocenters. The van der Waals surface area contributed by atoms with E-state index in [4.69, 9.17) is 20.1 Å². The molecule has 1 aromatic rings. The second kappa shape index (κ2) is 14.0. The first-order valence-corrected chi connectivity index (χ1v) is 9.24. The predicted octanol–water partition coefficient (Wildman–Crippen LogP) is 5.03. The van der Waals surface area contributed by atoms with Gasteiger partial charge in [0.2, 0.25) is 5.91 Å². The zero-order valence-corrected chi connectivity index (χ0v) is 15.5. The summed E-state index contributed by atoms with van der Waals surface area (Å²) in [7, 11) is 1.50. The number of carbonyl (C=O) groups is 1. The molecule has 0 aromatic heterocycles. The minimum Gasteiger partial charge on any atom is -0.493 e. The van der Waals surface area contributed by atoms with Crippen molar-refractivity contribution in [3.8, 4) is 11.5 Å². The normalized spacial score (nSPS) is 10.2. The maximum Gasteiger partial charge on any atom is 0.249 e. The SMILES string of the molecule is COc1cc(C(=O)N=[N+]=[N-])ccc1OCCCCCCCCCCCO. The Morgan fingerprint density at radius 2 is 1.65 bits per heavy atom. The highest BCUT2D eigenvalue weighted by Gasteiger charge is 2.10. The van der Waals surface area contributed by atoms with Crippen LogP contribution in [0, 0.1) is 0 Å². The summed E-state index contributed by atoms with van der Waals surface area (Å²) in [6.45, 7) is 0.897. The van der Waals surface area contributed by atoms with Gasteiger partial charge in [-0.15, -0.1) is 0 Å². The number of methoxy groups -OCH3 is 1. The molecule has 0 saturated carbocycles. The number of hydrogen-bond acceptors (Lipinski definition) is 4. The Labute approximate surface area is 154 Å². The molecule has 0 aliphatic heterocycles. The van der Waals surface area contributed by atoms with Crippen molar-refractivity contribution in [2.24, 2.45) is 5.11 Å². The Morgan fingerprint density at radius 3 is 2.23 bits per heavy atom. The van der Waals surface area contributed by atoms with E-state index < -0.39 is 5.91 Å². The average molecular weight is 363 g/mol. The van der Waals surface area contributed by atoms with Gasteiger partial charge >= 0.3 is 0 Å². The fraction of sp³-hybridized carbons (Fsp3) is 0.632. The molecule has 0 fully saturated rings. The van der Waals surface area contributed by atoms with Gasteiger partial charge in [0.15, 0.2) is 11.5 Å². The van der Waals surface area contributed by atoms with E-state index in [2.05, 4.69) is 10.0 Å². The Balaban J connectivity index is 2.22. The van der Waals surface area contributed by atoms with Gasteiger partial charge in [-0.1, -0.05) is 44.9 Å². The molecule has 0 heterocycles. The van der Waals surface area contributed by atoms with Crippen LogP contribution >= 0.6 is 0 Å². The second-order valence-corrected chi connectivity index (χ2v) is 6.11. The van der Waals surface area contributed by atoms with Crippen LogP contribution < -0.4 is 9.47 Å². The van der Waals surface area contributed by atoms with Gasteiger partial charge in [0.05, 0.1) is 13.7 Å². The van der Waals surface area contributed by atoms with Crippen molar-refractivity contribution in [2.75, 3.05) is 20.3 Å². The van der Waals surface area contributed by atoms with Gasteiger partial charge in [-0.2, -0.15) is 0 Å². The summed E-state index contributed by atoms with van der Waals surface area (Å²) in [5.74, 6) is 0.384. The molecule has 1 amide bonds. The lowest BCUT2D eigenvalue weighted by molar-refractivity contribution is 0.1000. The standard InChI is InChI=1S/C19H29N3O4/c1-25-18-15-16(19(24)21-22-20)11-12-17(18)26-14-10-8-6-4-2-3-5-7-9-13-23/h11-12,15,23H,2-10,13-14H2,1H3. The third-order valence-electron chi connectivity index (χ3n) is 4.11. The van der Waals surface area contributed by atoms with E-state index >= 15 is 0 Å². The molecule has 0 aliphatic rings. The summed E-state index contributed by atoms with van der Waals surface area (Å²) in [6.07, 6.45) is 10.3. The van der Waals surface area contributed by atoms with E-state index in [1.807, 2.05) is 0 Å². The molecule has 0 radical (unpaired) electrons. The van der Waals surface area contributed by atoms with E-state index in [9.17, 15) is 4.79 Å². The van der Waals surface area contributed by atoms with Crippen molar-refractivity contribution in [2.45, 2.75) is 57.8 Å². The fourth-order valence-electron chi connectivity index (χ4n) is 2.65. The van der Waals surface area contributed by atoms with Crippen molar-refractivity contribution in [3.05, 3.63) is 34.2 Å². The third-order valence-corrected chi connectivity index (χ3v) is 4.11. The Kier molecular flexibility index (Phi) is 11.7. The number of hydrogen-bond donors (Lipinski definition) is 1. The van der Waals surface area contributed by atoms with Gasteiger partial charge in [0.1, 0.15) is 0 Å². The highest BCUT2D eigenvalue weighted by Crippen LogP contribution is 2.28. The van der Waals surface area contributed by atoms with Crippen LogP contribution in [-0.2, 0) is 0 Å². The summed E-state index contributed by atoms with van der Waals surface area (Å²) in [4.78, 5) is 14.0. The summed E-state index contributed by atoms with van der Waals surface area (Å²) in [6, 6.07) is 4.74. The number of aliphatic hydroxyl groups excluding tert-OH is 1. The third kappa shape index (κ3) is 8.74. The first kappa shape index (κ1) is 21.8. The lowest BCUT2D eigenvalue weighted by atomic mass is 10.1. The summed E-state index contributed by atoms with van der Waals surface area (Å²) in [5, 5.41) is 11.8. The molecule has 26 heavy (non-hydrogen) atoms. The molecule has 0 saturated heterocycles. The number of azide groups is 1. The highest BCUT2D eigenvalue weighted by atomic mass is 16.5. The van der Waals surface area contributed by atoms with Gasteiger partial charge in [-0.05, 0) is 41.7 Å². The Morgan fingerprint density at radius 1 is 1.04 bits per heavy atom. The maximum atomic E-state index is 11.6. The predicted molar refractivity (Wildman–Crippen MR) is 101 cm³/mol. The van der Waals surface area contributed by atoms with Crippen LogP contribution in [0.1, 0.15) is 68.1 Å². The number of benzene rings is 1. The fourth-order valence-corrected chi connectivity index (χ4v) is 2.65. The van der Waals surface area contributed by atoms with Crippen LogP contribution in [0.5, 0.6) is 11.5 Å². The molecule has 0 bridgehead atoms. The van der Waals surface area contributed by atoms with Crippen LogP contribution in [0.4, 0.5) is 0 Å². The van der Waals surface area contributed by atoms with E-state index in [0.717, 1.165) is 25.7 Å². The molecule has 0 aliphatic carbocycles. The number of rotatable bonds is 14.